The molecule has 0 spiro atoms. The molecule has 1 aliphatic rings. The normalized spacial score (nSPS) is 22.7. The molecular weight excluding hydrogens is 235 g/mol. The highest BCUT2D eigenvalue weighted by molar-refractivity contribution is 7.09. The predicted molar refractivity (Wildman–Crippen MR) is 66.7 cm³/mol. The van der Waals surface area contributed by atoms with Crippen LogP contribution in [0, 0.1) is 5.82 Å². The highest BCUT2D eigenvalue weighted by Crippen LogP contribution is 2.43. The van der Waals surface area contributed by atoms with Crippen LogP contribution in [0.25, 0.3) is 0 Å². The van der Waals surface area contributed by atoms with Crippen molar-refractivity contribution in [2.45, 2.75) is 18.4 Å². The quantitative estimate of drug-likeness (QED) is 0.884. The van der Waals surface area contributed by atoms with Crippen LogP contribution < -0.4 is 5.32 Å². The third-order valence-corrected chi connectivity index (χ3v) is 4.49. The summed E-state index contributed by atoms with van der Waals surface area (Å²) in [6.45, 7) is 0. The smallest absolute Gasteiger partial charge is 0.126 e. The Balaban J connectivity index is 2.21. The SMILES string of the molecule is CNC1(c2nccs2)CCc2c(F)cccc21. The number of halogens is 1. The van der Waals surface area contributed by atoms with Crippen LogP contribution in [-0.2, 0) is 12.0 Å². The van der Waals surface area contributed by atoms with Gasteiger partial charge in [0.2, 0.25) is 0 Å². The molecule has 17 heavy (non-hydrogen) atoms. The van der Waals surface area contributed by atoms with Gasteiger partial charge in [-0.25, -0.2) is 9.37 Å². The molecule has 1 heterocycles. The number of nitrogens with one attached hydrogen (secondary N) is 1. The topological polar surface area (TPSA) is 24.9 Å². The first-order valence-electron chi connectivity index (χ1n) is 5.65. The summed E-state index contributed by atoms with van der Waals surface area (Å²) in [7, 11) is 1.92. The van der Waals surface area contributed by atoms with Crippen molar-refractivity contribution in [1.82, 2.24) is 10.3 Å². The summed E-state index contributed by atoms with van der Waals surface area (Å²) >= 11 is 1.62. The van der Waals surface area contributed by atoms with Crippen molar-refractivity contribution >= 4 is 11.3 Å². The number of fused-ring (bicyclic) bond motifs is 1. The first-order valence-corrected chi connectivity index (χ1v) is 6.52. The van der Waals surface area contributed by atoms with Gasteiger partial charge in [0, 0.05) is 11.6 Å². The Bertz CT molecular complexity index is 538. The minimum absolute atomic E-state index is 0.101. The molecule has 4 heteroatoms. The molecule has 3 rings (SSSR count). The van der Waals surface area contributed by atoms with Crippen LogP contribution in [-0.4, -0.2) is 12.0 Å². The van der Waals surface area contributed by atoms with Gasteiger partial charge in [-0.05, 0) is 37.1 Å². The maximum Gasteiger partial charge on any atom is 0.126 e. The Kier molecular flexibility index (Phi) is 2.49. The van der Waals surface area contributed by atoms with Crippen molar-refractivity contribution in [3.8, 4) is 0 Å². The van der Waals surface area contributed by atoms with Crippen LogP contribution in [0.1, 0.15) is 22.6 Å². The molecule has 0 saturated carbocycles. The lowest BCUT2D eigenvalue weighted by Gasteiger charge is -2.27. The first-order chi connectivity index (χ1) is 8.28. The van der Waals surface area contributed by atoms with E-state index in [4.69, 9.17) is 0 Å². The average Bonchev–Trinajstić information content (AvgIpc) is 2.97. The van der Waals surface area contributed by atoms with Crippen molar-refractivity contribution in [2.24, 2.45) is 0 Å². The summed E-state index contributed by atoms with van der Waals surface area (Å²) in [4.78, 5) is 4.40. The maximum atomic E-state index is 13.8. The van der Waals surface area contributed by atoms with E-state index >= 15 is 0 Å². The van der Waals surface area contributed by atoms with E-state index in [0.29, 0.717) is 0 Å². The fourth-order valence-corrected chi connectivity index (χ4v) is 3.57. The molecule has 1 aliphatic carbocycles. The summed E-state index contributed by atoms with van der Waals surface area (Å²) in [6.07, 6.45) is 3.44. The molecule has 0 bridgehead atoms. The first kappa shape index (κ1) is 10.9. The summed E-state index contributed by atoms with van der Waals surface area (Å²) < 4.78 is 13.8. The molecule has 1 unspecified atom stereocenters. The van der Waals surface area contributed by atoms with E-state index < -0.39 is 0 Å². The van der Waals surface area contributed by atoms with Crippen LogP contribution in [0.5, 0.6) is 0 Å². The molecule has 0 amide bonds. The van der Waals surface area contributed by atoms with Crippen molar-refractivity contribution in [2.75, 3.05) is 7.05 Å². The van der Waals surface area contributed by atoms with Crippen molar-refractivity contribution in [3.63, 3.8) is 0 Å². The monoisotopic (exact) mass is 248 g/mol. The molecule has 2 aromatic rings. The van der Waals surface area contributed by atoms with E-state index in [9.17, 15) is 4.39 Å². The van der Waals surface area contributed by atoms with Gasteiger partial charge in [-0.15, -0.1) is 11.3 Å². The molecule has 0 aliphatic heterocycles. The maximum absolute atomic E-state index is 13.8. The molecule has 0 radical (unpaired) electrons. The van der Waals surface area contributed by atoms with Crippen LogP contribution in [0.3, 0.4) is 0 Å². The highest BCUT2D eigenvalue weighted by Gasteiger charge is 2.42. The van der Waals surface area contributed by atoms with E-state index in [-0.39, 0.29) is 11.4 Å². The van der Waals surface area contributed by atoms with E-state index in [1.807, 2.05) is 18.5 Å². The van der Waals surface area contributed by atoms with Crippen molar-refractivity contribution in [1.29, 1.82) is 0 Å². The van der Waals surface area contributed by atoms with Crippen molar-refractivity contribution < 1.29 is 4.39 Å². The number of rotatable bonds is 2. The molecule has 1 aromatic carbocycles. The zero-order chi connectivity index (χ0) is 11.9. The Morgan fingerprint density at radius 3 is 3.06 bits per heavy atom. The number of aromatic nitrogens is 1. The number of hydrogen-bond donors (Lipinski definition) is 1. The molecule has 0 fully saturated rings. The Labute approximate surface area is 104 Å². The summed E-state index contributed by atoms with van der Waals surface area (Å²) in [5, 5.41) is 6.33. The second-order valence-corrected chi connectivity index (χ2v) is 5.15. The number of nitrogens with zero attached hydrogens (tertiary/aromatic N) is 1. The second kappa shape index (κ2) is 3.89. The highest BCUT2D eigenvalue weighted by atomic mass is 32.1. The standard InChI is InChI=1S/C13H13FN2S/c1-15-13(12-16-7-8-17-12)6-5-9-10(13)3-2-4-11(9)14/h2-4,7-8,15H,5-6H2,1H3. The van der Waals surface area contributed by atoms with Gasteiger partial charge in [-0.1, -0.05) is 12.1 Å². The van der Waals surface area contributed by atoms with Gasteiger partial charge < -0.3 is 5.32 Å². The fourth-order valence-electron chi connectivity index (χ4n) is 2.68. The van der Waals surface area contributed by atoms with Crippen LogP contribution in [0.4, 0.5) is 4.39 Å². The van der Waals surface area contributed by atoms with Gasteiger partial charge in [-0.2, -0.15) is 0 Å². The number of benzene rings is 1. The number of thiazole rings is 1. The lowest BCUT2D eigenvalue weighted by atomic mass is 9.92. The number of hydrogen-bond acceptors (Lipinski definition) is 3. The third kappa shape index (κ3) is 1.44. The molecule has 1 atom stereocenters. The Morgan fingerprint density at radius 1 is 1.47 bits per heavy atom. The second-order valence-electron chi connectivity index (χ2n) is 4.26. The van der Waals surface area contributed by atoms with Crippen LogP contribution in [0.2, 0.25) is 0 Å². The van der Waals surface area contributed by atoms with Crippen LogP contribution >= 0.6 is 11.3 Å². The van der Waals surface area contributed by atoms with Crippen molar-refractivity contribution in [3.05, 3.63) is 51.7 Å². The average molecular weight is 248 g/mol. The molecule has 1 N–H and O–H groups in total. The van der Waals surface area contributed by atoms with Gasteiger partial charge in [0.15, 0.2) is 0 Å². The minimum atomic E-state index is -0.300. The predicted octanol–water partition coefficient (Wildman–Crippen LogP) is 2.69. The lowest BCUT2D eigenvalue weighted by Crippen LogP contribution is -2.38. The van der Waals surface area contributed by atoms with Gasteiger partial charge in [0.1, 0.15) is 10.8 Å². The molecule has 2 nitrogen and oxygen atoms in total. The zero-order valence-corrected chi connectivity index (χ0v) is 10.4. The van der Waals surface area contributed by atoms with E-state index in [0.717, 1.165) is 29.0 Å². The van der Waals surface area contributed by atoms with Gasteiger partial charge in [0.05, 0.1) is 5.54 Å². The fraction of sp³-hybridized carbons (Fsp3) is 0.308. The Morgan fingerprint density at radius 2 is 2.35 bits per heavy atom. The van der Waals surface area contributed by atoms with Crippen LogP contribution in [0.15, 0.2) is 29.8 Å². The molecular formula is C13H13FN2S. The molecule has 0 saturated heterocycles. The van der Waals surface area contributed by atoms with E-state index in [1.54, 1.807) is 23.6 Å². The molecule has 1 aromatic heterocycles. The van der Waals surface area contributed by atoms with Gasteiger partial charge >= 0.3 is 0 Å². The van der Waals surface area contributed by atoms with Gasteiger partial charge in [-0.3, -0.25) is 0 Å². The third-order valence-electron chi connectivity index (χ3n) is 3.55. The molecule has 88 valence electrons. The summed E-state index contributed by atoms with van der Waals surface area (Å²) in [5.41, 5.74) is 1.57. The summed E-state index contributed by atoms with van der Waals surface area (Å²) in [5.74, 6) is -0.101. The lowest BCUT2D eigenvalue weighted by molar-refractivity contribution is 0.434. The van der Waals surface area contributed by atoms with E-state index in [1.165, 1.54) is 6.07 Å². The van der Waals surface area contributed by atoms with E-state index in [2.05, 4.69) is 10.3 Å². The minimum Gasteiger partial charge on any atom is -0.305 e. The van der Waals surface area contributed by atoms with Gasteiger partial charge in [0.25, 0.3) is 0 Å². The Hall–Kier alpha value is -1.26. The summed E-state index contributed by atoms with van der Waals surface area (Å²) in [6, 6.07) is 5.31. The largest absolute Gasteiger partial charge is 0.305 e. The zero-order valence-electron chi connectivity index (χ0n) is 9.53.